The molecule has 0 spiro atoms. The number of methoxy groups -OCH3 is 1. The molecular formula is C17H30N2O2. The zero-order chi connectivity index (χ0) is 15.6. The average Bonchev–Trinajstić information content (AvgIpc) is 2.82. The normalized spacial score (nSPS) is 26.6. The molecule has 4 heteroatoms. The van der Waals surface area contributed by atoms with Crippen LogP contribution in [-0.4, -0.2) is 22.0 Å². The predicted molar refractivity (Wildman–Crippen MR) is 84.5 cm³/mol. The van der Waals surface area contributed by atoms with Crippen LogP contribution in [-0.2, 0) is 5.60 Å². The number of ether oxygens (including phenoxy) is 1. The quantitative estimate of drug-likeness (QED) is 0.896. The van der Waals surface area contributed by atoms with E-state index in [0.717, 1.165) is 30.7 Å². The van der Waals surface area contributed by atoms with Gasteiger partial charge in [0.25, 0.3) is 0 Å². The third kappa shape index (κ3) is 3.42. The third-order valence-corrected chi connectivity index (χ3v) is 4.55. The molecule has 0 aromatic carbocycles. The highest BCUT2D eigenvalue weighted by molar-refractivity contribution is 5.31. The molecule has 0 bridgehead atoms. The van der Waals surface area contributed by atoms with Gasteiger partial charge >= 0.3 is 0 Å². The first-order chi connectivity index (χ1) is 9.87. The van der Waals surface area contributed by atoms with E-state index in [1.165, 1.54) is 12.8 Å². The molecule has 1 heterocycles. The van der Waals surface area contributed by atoms with Crippen molar-refractivity contribution in [2.24, 2.45) is 11.8 Å². The second kappa shape index (κ2) is 6.39. The molecule has 2 rings (SSSR count). The van der Waals surface area contributed by atoms with E-state index in [-0.39, 0.29) is 6.04 Å². The van der Waals surface area contributed by atoms with Crippen molar-refractivity contribution in [2.45, 2.75) is 71.4 Å². The Morgan fingerprint density at radius 2 is 2.14 bits per heavy atom. The Labute approximate surface area is 128 Å². The molecule has 1 N–H and O–H groups in total. The summed E-state index contributed by atoms with van der Waals surface area (Å²) < 4.78 is 7.39. The molecule has 1 aliphatic carbocycles. The Morgan fingerprint density at radius 3 is 2.71 bits per heavy atom. The molecule has 0 saturated heterocycles. The number of hydrogen-bond acceptors (Lipinski definition) is 3. The minimum atomic E-state index is -0.802. The number of aromatic nitrogens is 2. The molecule has 2 atom stereocenters. The van der Waals surface area contributed by atoms with Crippen molar-refractivity contribution in [1.82, 2.24) is 9.78 Å². The summed E-state index contributed by atoms with van der Waals surface area (Å²) in [4.78, 5) is 0. The van der Waals surface area contributed by atoms with E-state index in [0.29, 0.717) is 11.8 Å². The van der Waals surface area contributed by atoms with Crippen LogP contribution in [0.2, 0.25) is 0 Å². The van der Waals surface area contributed by atoms with Gasteiger partial charge in [-0.15, -0.1) is 0 Å². The lowest BCUT2D eigenvalue weighted by molar-refractivity contribution is -0.0340. The fourth-order valence-electron chi connectivity index (χ4n) is 3.78. The van der Waals surface area contributed by atoms with Crippen molar-refractivity contribution < 1.29 is 9.84 Å². The van der Waals surface area contributed by atoms with Gasteiger partial charge in [-0.25, -0.2) is 0 Å². The van der Waals surface area contributed by atoms with Gasteiger partial charge in [0, 0.05) is 6.04 Å². The standard InChI is InChI=1S/C17H30N2O2/c1-12(2)9-14-7-6-8-17(20,10-14)16-15(21-5)11-18-19(16)13(3)4/h11-14,20H,6-10H2,1-5H3. The van der Waals surface area contributed by atoms with Crippen LogP contribution in [0.5, 0.6) is 5.75 Å². The minimum absolute atomic E-state index is 0.221. The largest absolute Gasteiger partial charge is 0.493 e. The summed E-state index contributed by atoms with van der Waals surface area (Å²) >= 11 is 0. The molecule has 1 saturated carbocycles. The highest BCUT2D eigenvalue weighted by Crippen LogP contribution is 2.45. The van der Waals surface area contributed by atoms with Crippen LogP contribution < -0.4 is 4.74 Å². The molecule has 120 valence electrons. The molecule has 1 aromatic heterocycles. The first kappa shape index (κ1) is 16.3. The SMILES string of the molecule is COc1cnn(C(C)C)c1C1(O)CCCC(CC(C)C)C1. The maximum Gasteiger partial charge on any atom is 0.162 e. The summed E-state index contributed by atoms with van der Waals surface area (Å²) in [5.41, 5.74) is 0.0673. The van der Waals surface area contributed by atoms with Gasteiger partial charge < -0.3 is 9.84 Å². The summed E-state index contributed by atoms with van der Waals surface area (Å²) in [6.45, 7) is 8.70. The molecule has 0 radical (unpaired) electrons. The van der Waals surface area contributed by atoms with Crippen molar-refractivity contribution in [3.8, 4) is 5.75 Å². The van der Waals surface area contributed by atoms with Crippen molar-refractivity contribution in [2.75, 3.05) is 7.11 Å². The predicted octanol–water partition coefficient (Wildman–Crippen LogP) is 3.90. The van der Waals surface area contributed by atoms with Crippen LogP contribution in [0, 0.1) is 11.8 Å². The van der Waals surface area contributed by atoms with Gasteiger partial charge in [0.05, 0.1) is 13.3 Å². The van der Waals surface area contributed by atoms with Gasteiger partial charge in [-0.3, -0.25) is 4.68 Å². The van der Waals surface area contributed by atoms with Gasteiger partial charge in [0.1, 0.15) is 11.3 Å². The lowest BCUT2D eigenvalue weighted by Gasteiger charge is -2.38. The summed E-state index contributed by atoms with van der Waals surface area (Å²) in [5, 5.41) is 15.7. The summed E-state index contributed by atoms with van der Waals surface area (Å²) in [6, 6.07) is 0.221. The summed E-state index contributed by atoms with van der Waals surface area (Å²) in [5.74, 6) is 1.98. The first-order valence-electron chi connectivity index (χ1n) is 8.21. The van der Waals surface area contributed by atoms with Gasteiger partial charge in [-0.05, 0) is 51.4 Å². The summed E-state index contributed by atoms with van der Waals surface area (Å²) in [7, 11) is 1.66. The maximum absolute atomic E-state index is 11.3. The second-order valence-corrected chi connectivity index (χ2v) is 7.22. The summed E-state index contributed by atoms with van der Waals surface area (Å²) in [6.07, 6.45) is 6.83. The first-order valence-corrected chi connectivity index (χ1v) is 8.21. The van der Waals surface area contributed by atoms with E-state index < -0.39 is 5.60 Å². The Hall–Kier alpha value is -1.03. The van der Waals surface area contributed by atoms with E-state index in [4.69, 9.17) is 4.74 Å². The lowest BCUT2D eigenvalue weighted by Crippen LogP contribution is -2.36. The molecule has 4 nitrogen and oxygen atoms in total. The van der Waals surface area contributed by atoms with E-state index in [1.807, 2.05) is 4.68 Å². The molecule has 1 fully saturated rings. The number of hydrogen-bond donors (Lipinski definition) is 1. The van der Waals surface area contributed by atoms with Crippen molar-refractivity contribution >= 4 is 0 Å². The fraction of sp³-hybridized carbons (Fsp3) is 0.824. The average molecular weight is 294 g/mol. The van der Waals surface area contributed by atoms with Crippen LogP contribution in [0.25, 0.3) is 0 Å². The van der Waals surface area contributed by atoms with Crippen LogP contribution >= 0.6 is 0 Å². The van der Waals surface area contributed by atoms with E-state index >= 15 is 0 Å². The van der Waals surface area contributed by atoms with E-state index in [1.54, 1.807) is 13.3 Å². The maximum atomic E-state index is 11.3. The molecule has 1 aromatic rings. The monoisotopic (exact) mass is 294 g/mol. The Morgan fingerprint density at radius 1 is 1.43 bits per heavy atom. The van der Waals surface area contributed by atoms with E-state index in [2.05, 4.69) is 32.8 Å². The molecule has 2 unspecified atom stereocenters. The molecule has 21 heavy (non-hydrogen) atoms. The Kier molecular flexibility index (Phi) is 4.97. The van der Waals surface area contributed by atoms with Gasteiger partial charge in [-0.2, -0.15) is 5.10 Å². The highest BCUT2D eigenvalue weighted by Gasteiger charge is 2.41. The Balaban J connectivity index is 2.32. The van der Waals surface area contributed by atoms with Crippen molar-refractivity contribution in [3.63, 3.8) is 0 Å². The minimum Gasteiger partial charge on any atom is -0.493 e. The second-order valence-electron chi connectivity index (χ2n) is 7.22. The van der Waals surface area contributed by atoms with Crippen LogP contribution in [0.1, 0.15) is 71.5 Å². The molecule has 0 aliphatic heterocycles. The van der Waals surface area contributed by atoms with E-state index in [9.17, 15) is 5.11 Å². The molecule has 1 aliphatic rings. The number of nitrogens with zero attached hydrogens (tertiary/aromatic N) is 2. The van der Waals surface area contributed by atoms with Crippen molar-refractivity contribution in [3.05, 3.63) is 11.9 Å². The molecule has 0 amide bonds. The zero-order valence-electron chi connectivity index (χ0n) is 14.1. The Bertz CT molecular complexity index is 467. The van der Waals surface area contributed by atoms with Gasteiger partial charge in [-0.1, -0.05) is 20.3 Å². The lowest BCUT2D eigenvalue weighted by atomic mass is 9.73. The number of aliphatic hydroxyl groups is 1. The van der Waals surface area contributed by atoms with Crippen LogP contribution in [0.15, 0.2) is 6.20 Å². The number of rotatable bonds is 5. The zero-order valence-corrected chi connectivity index (χ0v) is 14.1. The van der Waals surface area contributed by atoms with Crippen molar-refractivity contribution in [1.29, 1.82) is 0 Å². The van der Waals surface area contributed by atoms with Crippen LogP contribution in [0.4, 0.5) is 0 Å². The highest BCUT2D eigenvalue weighted by atomic mass is 16.5. The third-order valence-electron chi connectivity index (χ3n) is 4.55. The van der Waals surface area contributed by atoms with Crippen LogP contribution in [0.3, 0.4) is 0 Å². The fourth-order valence-corrected chi connectivity index (χ4v) is 3.78. The smallest absolute Gasteiger partial charge is 0.162 e. The van der Waals surface area contributed by atoms with Gasteiger partial charge in [0.15, 0.2) is 5.75 Å². The van der Waals surface area contributed by atoms with Gasteiger partial charge in [0.2, 0.25) is 0 Å². The topological polar surface area (TPSA) is 47.3 Å². The molecular weight excluding hydrogens is 264 g/mol.